The van der Waals surface area contributed by atoms with E-state index < -0.39 is 41.0 Å². The van der Waals surface area contributed by atoms with Crippen LogP contribution < -0.4 is 4.90 Å². The molecule has 2 aromatic carbocycles. The SMILES string of the molecule is CN1CCC(N(C)c2cccc(CC(=O)c3c(F)cc(F)cc3F)c2F)CC1. The maximum atomic E-state index is 15.0. The molecule has 0 bridgehead atoms. The molecule has 0 amide bonds. The summed E-state index contributed by atoms with van der Waals surface area (Å²) in [5.41, 5.74) is -0.458. The van der Waals surface area contributed by atoms with Crippen molar-refractivity contribution in [3.8, 4) is 0 Å². The summed E-state index contributed by atoms with van der Waals surface area (Å²) in [5.74, 6) is -5.21. The number of piperidine rings is 1. The van der Waals surface area contributed by atoms with Crippen LogP contribution in [0.2, 0.25) is 0 Å². The molecule has 1 aliphatic rings. The Hall–Kier alpha value is -2.41. The Morgan fingerprint density at radius 3 is 2.32 bits per heavy atom. The molecule has 0 radical (unpaired) electrons. The van der Waals surface area contributed by atoms with Gasteiger partial charge in [0.1, 0.15) is 23.3 Å². The monoisotopic (exact) mass is 394 g/mol. The molecule has 0 spiro atoms. The van der Waals surface area contributed by atoms with Crippen molar-refractivity contribution < 1.29 is 22.4 Å². The van der Waals surface area contributed by atoms with Crippen LogP contribution in [0, 0.1) is 23.3 Å². The summed E-state index contributed by atoms with van der Waals surface area (Å²) >= 11 is 0. The number of Topliss-reactive ketones (excluding diaryl/α,β-unsaturated/α-hetero) is 1. The van der Waals surface area contributed by atoms with Gasteiger partial charge in [0.15, 0.2) is 5.78 Å². The molecular formula is C21H22F4N2O. The number of anilines is 1. The quantitative estimate of drug-likeness (QED) is 0.561. The van der Waals surface area contributed by atoms with Crippen LogP contribution in [0.1, 0.15) is 28.8 Å². The van der Waals surface area contributed by atoms with E-state index in [1.807, 2.05) is 11.9 Å². The van der Waals surface area contributed by atoms with Gasteiger partial charge in [-0.15, -0.1) is 0 Å². The van der Waals surface area contributed by atoms with Gasteiger partial charge in [-0.3, -0.25) is 4.79 Å². The Balaban J connectivity index is 1.82. The van der Waals surface area contributed by atoms with Crippen molar-refractivity contribution in [1.82, 2.24) is 4.90 Å². The third-order valence-corrected chi connectivity index (χ3v) is 5.31. The number of carbonyl (C=O) groups is 1. The molecule has 2 aromatic rings. The smallest absolute Gasteiger partial charge is 0.173 e. The van der Waals surface area contributed by atoms with E-state index in [-0.39, 0.29) is 11.6 Å². The molecule has 0 aliphatic carbocycles. The largest absolute Gasteiger partial charge is 0.369 e. The fraction of sp³-hybridized carbons (Fsp3) is 0.381. The van der Waals surface area contributed by atoms with Gasteiger partial charge in [0.25, 0.3) is 0 Å². The molecule has 0 atom stereocenters. The first-order valence-electron chi connectivity index (χ1n) is 9.14. The van der Waals surface area contributed by atoms with E-state index in [1.165, 1.54) is 6.07 Å². The van der Waals surface area contributed by atoms with Crippen LogP contribution >= 0.6 is 0 Å². The molecule has 3 nitrogen and oxygen atoms in total. The molecule has 1 fully saturated rings. The van der Waals surface area contributed by atoms with Gasteiger partial charge < -0.3 is 9.80 Å². The molecule has 28 heavy (non-hydrogen) atoms. The third kappa shape index (κ3) is 4.19. The summed E-state index contributed by atoms with van der Waals surface area (Å²) < 4.78 is 55.8. The molecule has 1 aliphatic heterocycles. The summed E-state index contributed by atoms with van der Waals surface area (Å²) in [6, 6.07) is 5.71. The maximum absolute atomic E-state index is 15.0. The van der Waals surface area contributed by atoms with E-state index in [0.29, 0.717) is 17.8 Å². The fourth-order valence-electron chi connectivity index (χ4n) is 3.62. The molecule has 1 heterocycles. The first-order valence-corrected chi connectivity index (χ1v) is 9.14. The topological polar surface area (TPSA) is 23.6 Å². The highest BCUT2D eigenvalue weighted by Gasteiger charge is 2.25. The lowest BCUT2D eigenvalue weighted by Gasteiger charge is -2.36. The van der Waals surface area contributed by atoms with Crippen LogP contribution in [0.5, 0.6) is 0 Å². The Bertz CT molecular complexity index is 856. The van der Waals surface area contributed by atoms with Crippen LogP contribution in [0.15, 0.2) is 30.3 Å². The minimum Gasteiger partial charge on any atom is -0.369 e. The molecule has 0 saturated carbocycles. The van der Waals surface area contributed by atoms with Gasteiger partial charge in [-0.25, -0.2) is 17.6 Å². The Labute approximate surface area is 161 Å². The zero-order valence-corrected chi connectivity index (χ0v) is 15.8. The maximum Gasteiger partial charge on any atom is 0.173 e. The second-order valence-corrected chi connectivity index (χ2v) is 7.24. The van der Waals surface area contributed by atoms with E-state index in [0.717, 1.165) is 25.9 Å². The zero-order valence-electron chi connectivity index (χ0n) is 15.8. The molecule has 150 valence electrons. The van der Waals surface area contributed by atoms with Crippen molar-refractivity contribution in [2.75, 3.05) is 32.1 Å². The van der Waals surface area contributed by atoms with Crippen LogP contribution in [0.4, 0.5) is 23.2 Å². The number of hydrogen-bond donors (Lipinski definition) is 0. The van der Waals surface area contributed by atoms with Gasteiger partial charge in [-0.2, -0.15) is 0 Å². The fourth-order valence-corrected chi connectivity index (χ4v) is 3.62. The van der Waals surface area contributed by atoms with Crippen molar-refractivity contribution in [2.24, 2.45) is 0 Å². The van der Waals surface area contributed by atoms with E-state index in [1.54, 1.807) is 19.2 Å². The average Bonchev–Trinajstić information content (AvgIpc) is 2.62. The highest BCUT2D eigenvalue weighted by Crippen LogP contribution is 2.27. The number of benzene rings is 2. The standard InChI is InChI=1S/C21H22F4N2O/c1-26-8-6-15(7-9-26)27(2)18-5-3-4-13(21(18)25)10-19(28)20-16(23)11-14(22)12-17(20)24/h3-5,11-12,15H,6-10H2,1-2H3. The first kappa shape index (κ1) is 20.3. The van der Waals surface area contributed by atoms with Gasteiger partial charge >= 0.3 is 0 Å². The molecule has 0 aromatic heterocycles. The van der Waals surface area contributed by atoms with Gasteiger partial charge in [0.05, 0.1) is 11.3 Å². The minimum atomic E-state index is -1.29. The number of halogens is 4. The molecule has 0 unspecified atom stereocenters. The Morgan fingerprint density at radius 1 is 1.11 bits per heavy atom. The van der Waals surface area contributed by atoms with Crippen molar-refractivity contribution in [3.63, 3.8) is 0 Å². The van der Waals surface area contributed by atoms with E-state index in [2.05, 4.69) is 4.90 Å². The number of carbonyl (C=O) groups excluding carboxylic acids is 1. The van der Waals surface area contributed by atoms with Crippen molar-refractivity contribution in [1.29, 1.82) is 0 Å². The van der Waals surface area contributed by atoms with E-state index in [9.17, 15) is 18.0 Å². The van der Waals surface area contributed by atoms with E-state index in [4.69, 9.17) is 0 Å². The first-order chi connectivity index (χ1) is 13.3. The zero-order chi connectivity index (χ0) is 20.4. The van der Waals surface area contributed by atoms with Gasteiger partial charge in [0.2, 0.25) is 0 Å². The van der Waals surface area contributed by atoms with Gasteiger partial charge in [-0.1, -0.05) is 12.1 Å². The number of nitrogens with zero attached hydrogens (tertiary/aromatic N) is 2. The number of likely N-dealkylation sites (tertiary alicyclic amines) is 1. The van der Waals surface area contributed by atoms with Crippen LogP contribution in [-0.4, -0.2) is 43.9 Å². The second-order valence-electron chi connectivity index (χ2n) is 7.24. The van der Waals surface area contributed by atoms with Crippen LogP contribution in [0.25, 0.3) is 0 Å². The Kier molecular flexibility index (Phi) is 6.03. The second kappa shape index (κ2) is 8.31. The minimum absolute atomic E-state index is 0.0467. The Morgan fingerprint density at radius 2 is 1.71 bits per heavy atom. The van der Waals surface area contributed by atoms with Crippen molar-refractivity contribution >= 4 is 11.5 Å². The molecule has 0 N–H and O–H groups in total. The summed E-state index contributed by atoms with van der Waals surface area (Å²) in [5, 5.41) is 0. The summed E-state index contributed by atoms with van der Waals surface area (Å²) in [7, 11) is 3.84. The molecule has 3 rings (SSSR count). The van der Waals surface area contributed by atoms with Crippen molar-refractivity contribution in [3.05, 3.63) is 64.7 Å². The molecule has 1 saturated heterocycles. The normalized spacial score (nSPS) is 15.6. The lowest BCUT2D eigenvalue weighted by atomic mass is 9.99. The molecular weight excluding hydrogens is 372 g/mol. The lowest BCUT2D eigenvalue weighted by Crippen LogP contribution is -2.42. The van der Waals surface area contributed by atoms with Gasteiger partial charge in [0, 0.05) is 31.6 Å². The average molecular weight is 394 g/mol. The third-order valence-electron chi connectivity index (χ3n) is 5.31. The molecule has 7 heteroatoms. The number of rotatable bonds is 5. The highest BCUT2D eigenvalue weighted by atomic mass is 19.1. The summed E-state index contributed by atoms with van der Waals surface area (Å²) in [4.78, 5) is 16.4. The predicted molar refractivity (Wildman–Crippen MR) is 99.7 cm³/mol. The van der Waals surface area contributed by atoms with Gasteiger partial charge in [-0.05, 0) is 44.6 Å². The van der Waals surface area contributed by atoms with Crippen LogP contribution in [-0.2, 0) is 6.42 Å². The predicted octanol–water partition coefficient (Wildman–Crippen LogP) is 4.20. The number of ketones is 1. The highest BCUT2D eigenvalue weighted by molar-refractivity contribution is 5.98. The van der Waals surface area contributed by atoms with Crippen molar-refractivity contribution in [2.45, 2.75) is 25.3 Å². The summed E-state index contributed by atoms with van der Waals surface area (Å²) in [6.45, 7) is 1.83. The van der Waals surface area contributed by atoms with Crippen LogP contribution in [0.3, 0.4) is 0 Å². The summed E-state index contributed by atoms with van der Waals surface area (Å²) in [6.07, 6.45) is 1.27. The van der Waals surface area contributed by atoms with E-state index >= 15 is 4.39 Å². The lowest BCUT2D eigenvalue weighted by molar-refractivity contribution is 0.0983. The number of hydrogen-bond acceptors (Lipinski definition) is 3.